The first kappa shape index (κ1) is 25.6. The number of methoxy groups -OCH3 is 1. The molecule has 3 rings (SSSR count). The second kappa shape index (κ2) is 11.4. The standard InChI is InChI=1S/C26H27N3O5S/c1-5-23-28-16(3)22(35-23)13-21(26(33)34-4)29-25(32)20-10-9-18(11-15(20)2)24(31)27-14-17-7-6-8-19(30)12-17/h6-13,30H,5,14H2,1-4H3,(H,27,31)(H,29,32). The number of rotatable bonds is 8. The predicted octanol–water partition coefficient (Wildman–Crippen LogP) is 3.90. The van der Waals surface area contributed by atoms with Gasteiger partial charge in [-0.2, -0.15) is 0 Å². The Labute approximate surface area is 207 Å². The van der Waals surface area contributed by atoms with Crippen LogP contribution in [-0.2, 0) is 22.5 Å². The van der Waals surface area contributed by atoms with E-state index in [1.165, 1.54) is 24.5 Å². The largest absolute Gasteiger partial charge is 0.508 e. The Kier molecular flexibility index (Phi) is 8.38. The van der Waals surface area contributed by atoms with Crippen LogP contribution in [0.2, 0.25) is 0 Å². The molecule has 0 atom stereocenters. The number of nitrogens with zero attached hydrogens (tertiary/aromatic N) is 1. The van der Waals surface area contributed by atoms with Crippen molar-refractivity contribution in [2.45, 2.75) is 33.7 Å². The van der Waals surface area contributed by atoms with Gasteiger partial charge in [0.25, 0.3) is 11.8 Å². The van der Waals surface area contributed by atoms with E-state index < -0.39 is 11.9 Å². The first-order chi connectivity index (χ1) is 16.7. The molecule has 2 aromatic carbocycles. The van der Waals surface area contributed by atoms with Crippen LogP contribution in [0.15, 0.2) is 48.2 Å². The van der Waals surface area contributed by atoms with Crippen molar-refractivity contribution in [3.05, 3.63) is 86.0 Å². The molecule has 9 heteroatoms. The molecule has 0 unspecified atom stereocenters. The van der Waals surface area contributed by atoms with Crippen LogP contribution >= 0.6 is 11.3 Å². The summed E-state index contributed by atoms with van der Waals surface area (Å²) < 4.78 is 4.84. The number of carbonyl (C=O) groups is 3. The molecule has 0 aliphatic heterocycles. The summed E-state index contributed by atoms with van der Waals surface area (Å²) in [6, 6.07) is 11.3. The monoisotopic (exact) mass is 493 g/mol. The predicted molar refractivity (Wildman–Crippen MR) is 134 cm³/mol. The van der Waals surface area contributed by atoms with Crippen LogP contribution < -0.4 is 10.6 Å². The van der Waals surface area contributed by atoms with E-state index in [9.17, 15) is 19.5 Å². The summed E-state index contributed by atoms with van der Waals surface area (Å²) in [4.78, 5) is 43.0. The van der Waals surface area contributed by atoms with E-state index in [-0.39, 0.29) is 23.9 Å². The summed E-state index contributed by atoms with van der Waals surface area (Å²) in [5, 5.41) is 15.9. The zero-order valence-corrected chi connectivity index (χ0v) is 20.8. The fourth-order valence-corrected chi connectivity index (χ4v) is 4.29. The number of benzene rings is 2. The van der Waals surface area contributed by atoms with Gasteiger partial charge in [0.05, 0.1) is 22.7 Å². The van der Waals surface area contributed by atoms with Crippen LogP contribution in [0.5, 0.6) is 5.75 Å². The minimum atomic E-state index is -0.676. The van der Waals surface area contributed by atoms with Gasteiger partial charge in [0.2, 0.25) is 0 Å². The highest BCUT2D eigenvalue weighted by atomic mass is 32.1. The molecular weight excluding hydrogens is 466 g/mol. The number of thiazole rings is 1. The summed E-state index contributed by atoms with van der Waals surface area (Å²) in [5.41, 5.74) is 2.79. The number of phenols is 1. The van der Waals surface area contributed by atoms with E-state index >= 15 is 0 Å². The fourth-order valence-electron chi connectivity index (χ4n) is 3.34. The summed E-state index contributed by atoms with van der Waals surface area (Å²) in [6.45, 7) is 5.79. The maximum absolute atomic E-state index is 13.0. The Morgan fingerprint density at radius 3 is 2.51 bits per heavy atom. The maximum atomic E-state index is 13.0. The van der Waals surface area contributed by atoms with E-state index in [4.69, 9.17) is 4.74 Å². The molecule has 0 bridgehead atoms. The van der Waals surface area contributed by atoms with Crippen molar-refractivity contribution in [1.82, 2.24) is 15.6 Å². The van der Waals surface area contributed by atoms with Gasteiger partial charge in [0.15, 0.2) is 0 Å². The zero-order valence-electron chi connectivity index (χ0n) is 20.0. The highest BCUT2D eigenvalue weighted by Gasteiger charge is 2.19. The number of ether oxygens (including phenoxy) is 1. The Morgan fingerprint density at radius 2 is 1.89 bits per heavy atom. The van der Waals surface area contributed by atoms with Crippen molar-refractivity contribution in [3.8, 4) is 5.75 Å². The van der Waals surface area contributed by atoms with Crippen LogP contribution in [0, 0.1) is 13.8 Å². The number of carbonyl (C=O) groups excluding carboxylic acids is 3. The molecular formula is C26H27N3O5S. The molecule has 0 saturated carbocycles. The van der Waals surface area contributed by atoms with Crippen LogP contribution in [0.4, 0.5) is 0 Å². The van der Waals surface area contributed by atoms with Crippen molar-refractivity contribution < 1.29 is 24.2 Å². The summed E-state index contributed by atoms with van der Waals surface area (Å²) in [5.74, 6) is -1.36. The molecule has 182 valence electrons. The van der Waals surface area contributed by atoms with Crippen molar-refractivity contribution in [3.63, 3.8) is 0 Å². The number of esters is 1. The Hall–Kier alpha value is -3.98. The molecule has 0 spiro atoms. The number of hydrogen-bond donors (Lipinski definition) is 3. The van der Waals surface area contributed by atoms with Crippen LogP contribution in [0.25, 0.3) is 6.08 Å². The van der Waals surface area contributed by atoms with Gasteiger partial charge in [-0.15, -0.1) is 11.3 Å². The molecule has 0 aliphatic carbocycles. The molecule has 0 saturated heterocycles. The summed E-state index contributed by atoms with van der Waals surface area (Å²) in [7, 11) is 1.24. The Bertz CT molecular complexity index is 1300. The number of phenolic OH excluding ortho intramolecular Hbond substituents is 1. The first-order valence-corrected chi connectivity index (χ1v) is 11.8. The lowest BCUT2D eigenvalue weighted by molar-refractivity contribution is -0.136. The van der Waals surface area contributed by atoms with Gasteiger partial charge in [0.1, 0.15) is 11.4 Å². The molecule has 3 aromatic rings. The number of aryl methyl sites for hydroxylation is 3. The van der Waals surface area contributed by atoms with Gasteiger partial charge in [0, 0.05) is 17.7 Å². The molecule has 0 fully saturated rings. The number of aromatic nitrogens is 1. The third-order valence-electron chi connectivity index (χ3n) is 5.21. The van der Waals surface area contributed by atoms with Gasteiger partial charge < -0.3 is 20.5 Å². The van der Waals surface area contributed by atoms with Crippen LogP contribution in [0.3, 0.4) is 0 Å². The molecule has 35 heavy (non-hydrogen) atoms. The average molecular weight is 494 g/mol. The molecule has 0 aliphatic rings. The second-order valence-corrected chi connectivity index (χ2v) is 8.91. The highest BCUT2D eigenvalue weighted by Crippen LogP contribution is 2.22. The summed E-state index contributed by atoms with van der Waals surface area (Å²) >= 11 is 1.45. The fraction of sp³-hybridized carbons (Fsp3) is 0.231. The first-order valence-electron chi connectivity index (χ1n) is 11.0. The quantitative estimate of drug-likeness (QED) is 0.324. The molecule has 3 N–H and O–H groups in total. The third-order valence-corrected chi connectivity index (χ3v) is 6.45. The number of amides is 2. The number of nitrogens with one attached hydrogen (secondary N) is 2. The SMILES string of the molecule is CCc1nc(C)c(C=C(NC(=O)c2ccc(C(=O)NCc3cccc(O)c3)cc2C)C(=O)OC)s1. The molecule has 2 amide bonds. The van der Waals surface area contributed by atoms with E-state index in [1.54, 1.807) is 49.4 Å². The van der Waals surface area contributed by atoms with Gasteiger partial charge in [-0.25, -0.2) is 9.78 Å². The van der Waals surface area contributed by atoms with Gasteiger partial charge in [-0.05, 0) is 67.8 Å². The highest BCUT2D eigenvalue weighted by molar-refractivity contribution is 7.12. The number of aromatic hydroxyl groups is 1. The normalized spacial score (nSPS) is 11.1. The van der Waals surface area contributed by atoms with E-state index in [2.05, 4.69) is 15.6 Å². The molecule has 0 radical (unpaired) electrons. The molecule has 1 heterocycles. The summed E-state index contributed by atoms with van der Waals surface area (Å²) in [6.07, 6.45) is 2.33. The van der Waals surface area contributed by atoms with E-state index in [0.717, 1.165) is 27.6 Å². The van der Waals surface area contributed by atoms with E-state index in [0.29, 0.717) is 16.7 Å². The maximum Gasteiger partial charge on any atom is 0.354 e. The topological polar surface area (TPSA) is 118 Å². The van der Waals surface area contributed by atoms with Gasteiger partial charge in [-0.3, -0.25) is 9.59 Å². The molecule has 8 nitrogen and oxygen atoms in total. The lowest BCUT2D eigenvalue weighted by atomic mass is 10.0. The van der Waals surface area contributed by atoms with Crippen molar-refractivity contribution >= 4 is 35.2 Å². The van der Waals surface area contributed by atoms with Crippen LogP contribution in [-0.4, -0.2) is 35.0 Å². The molecule has 1 aromatic heterocycles. The van der Waals surface area contributed by atoms with Crippen molar-refractivity contribution in [1.29, 1.82) is 0 Å². The van der Waals surface area contributed by atoms with Gasteiger partial charge >= 0.3 is 5.97 Å². The smallest absolute Gasteiger partial charge is 0.354 e. The average Bonchev–Trinajstić information content (AvgIpc) is 3.20. The van der Waals surface area contributed by atoms with Gasteiger partial charge in [-0.1, -0.05) is 19.1 Å². The number of hydrogen-bond acceptors (Lipinski definition) is 7. The lowest BCUT2D eigenvalue weighted by Gasteiger charge is -2.11. The van der Waals surface area contributed by atoms with Crippen molar-refractivity contribution in [2.24, 2.45) is 0 Å². The van der Waals surface area contributed by atoms with Crippen molar-refractivity contribution in [2.75, 3.05) is 7.11 Å². The second-order valence-electron chi connectivity index (χ2n) is 7.80. The minimum Gasteiger partial charge on any atom is -0.508 e. The zero-order chi connectivity index (χ0) is 25.5. The lowest BCUT2D eigenvalue weighted by Crippen LogP contribution is -2.29. The van der Waals surface area contributed by atoms with Crippen LogP contribution in [0.1, 0.15) is 54.3 Å². The van der Waals surface area contributed by atoms with E-state index in [1.807, 2.05) is 13.8 Å². The Morgan fingerprint density at radius 1 is 1.11 bits per heavy atom. The third kappa shape index (κ3) is 6.54. The Balaban J connectivity index is 1.75. The minimum absolute atomic E-state index is 0.000707.